The number of alkyl halides is 3. The smallest absolute Gasteiger partial charge is 0.396 e. The summed E-state index contributed by atoms with van der Waals surface area (Å²) in [6.07, 6.45) is -4.61. The zero-order valence-corrected chi connectivity index (χ0v) is 13.7. The van der Waals surface area contributed by atoms with Gasteiger partial charge in [-0.05, 0) is 13.0 Å². The first kappa shape index (κ1) is 17.9. The van der Waals surface area contributed by atoms with Gasteiger partial charge in [-0.3, -0.25) is 9.89 Å². The first-order valence-corrected chi connectivity index (χ1v) is 7.74. The Kier molecular flexibility index (Phi) is 4.64. The van der Waals surface area contributed by atoms with Crippen molar-refractivity contribution >= 4 is 0 Å². The van der Waals surface area contributed by atoms with Gasteiger partial charge in [-0.15, -0.1) is 0 Å². The summed E-state index contributed by atoms with van der Waals surface area (Å²) in [7, 11) is 0. The van der Waals surface area contributed by atoms with E-state index in [0.717, 1.165) is 10.7 Å². The van der Waals surface area contributed by atoms with Gasteiger partial charge in [-0.1, -0.05) is 30.3 Å². The van der Waals surface area contributed by atoms with E-state index in [1.165, 1.54) is 0 Å². The molecule has 2 heterocycles. The van der Waals surface area contributed by atoms with Crippen LogP contribution >= 0.6 is 0 Å². The Labute approximate surface area is 146 Å². The van der Waals surface area contributed by atoms with Crippen LogP contribution in [0.25, 0.3) is 17.2 Å². The SMILES string of the molecule is Cc1[nH]n(-c2nc(-c3ccccc3)cc(C(F)(F)F)n2)c(=O)c1CCO. The highest BCUT2D eigenvalue weighted by molar-refractivity contribution is 5.60. The molecular weight excluding hydrogens is 349 g/mol. The highest BCUT2D eigenvalue weighted by Crippen LogP contribution is 2.30. The van der Waals surface area contributed by atoms with E-state index in [4.69, 9.17) is 5.11 Å². The van der Waals surface area contributed by atoms with E-state index in [-0.39, 0.29) is 24.3 Å². The summed E-state index contributed by atoms with van der Waals surface area (Å²) in [5.41, 5.74) is -0.514. The molecule has 2 aromatic heterocycles. The first-order valence-electron chi connectivity index (χ1n) is 7.74. The second kappa shape index (κ2) is 6.75. The third kappa shape index (κ3) is 3.38. The Bertz CT molecular complexity index is 978. The van der Waals surface area contributed by atoms with Crippen molar-refractivity contribution < 1.29 is 18.3 Å². The van der Waals surface area contributed by atoms with Crippen molar-refractivity contribution in [3.8, 4) is 17.2 Å². The number of benzene rings is 1. The highest BCUT2D eigenvalue weighted by Gasteiger charge is 2.34. The molecule has 136 valence electrons. The minimum atomic E-state index is -4.69. The van der Waals surface area contributed by atoms with Gasteiger partial charge in [-0.25, -0.2) is 9.97 Å². The van der Waals surface area contributed by atoms with E-state index in [1.54, 1.807) is 37.3 Å². The van der Waals surface area contributed by atoms with Gasteiger partial charge in [0.05, 0.1) is 5.69 Å². The molecule has 0 unspecified atom stereocenters. The number of nitrogens with zero attached hydrogens (tertiary/aromatic N) is 3. The number of H-pyrrole nitrogens is 1. The van der Waals surface area contributed by atoms with Crippen molar-refractivity contribution in [3.05, 3.63) is 63.7 Å². The van der Waals surface area contributed by atoms with Crippen molar-refractivity contribution in [2.45, 2.75) is 19.5 Å². The van der Waals surface area contributed by atoms with Crippen LogP contribution in [0.2, 0.25) is 0 Å². The topological polar surface area (TPSA) is 83.8 Å². The molecule has 0 atom stereocenters. The van der Waals surface area contributed by atoms with Gasteiger partial charge in [0.1, 0.15) is 0 Å². The van der Waals surface area contributed by atoms with Gasteiger partial charge in [0.15, 0.2) is 5.69 Å². The number of aromatic amines is 1. The minimum absolute atomic E-state index is 0.0470. The summed E-state index contributed by atoms with van der Waals surface area (Å²) in [5, 5.41) is 11.7. The fraction of sp³-hybridized carbons (Fsp3) is 0.235. The van der Waals surface area contributed by atoms with Gasteiger partial charge in [-0.2, -0.15) is 17.9 Å². The van der Waals surface area contributed by atoms with Crippen LogP contribution in [0.1, 0.15) is 17.0 Å². The molecule has 9 heteroatoms. The average molecular weight is 364 g/mol. The van der Waals surface area contributed by atoms with Gasteiger partial charge >= 0.3 is 6.18 Å². The normalized spacial score (nSPS) is 11.7. The van der Waals surface area contributed by atoms with Crippen molar-refractivity contribution in [3.63, 3.8) is 0 Å². The van der Waals surface area contributed by atoms with E-state index in [1.807, 2.05) is 0 Å². The van der Waals surface area contributed by atoms with E-state index >= 15 is 0 Å². The fourth-order valence-corrected chi connectivity index (χ4v) is 2.56. The Morgan fingerprint density at radius 2 is 1.88 bits per heavy atom. The van der Waals surface area contributed by atoms with Crippen LogP contribution in [0, 0.1) is 6.92 Å². The number of nitrogens with one attached hydrogen (secondary N) is 1. The van der Waals surface area contributed by atoms with Crippen LogP contribution in [0.5, 0.6) is 0 Å². The number of aliphatic hydroxyl groups is 1. The molecular formula is C17H15F3N4O2. The van der Waals surface area contributed by atoms with E-state index in [9.17, 15) is 18.0 Å². The maximum atomic E-state index is 13.3. The van der Waals surface area contributed by atoms with Crippen LogP contribution in [0.4, 0.5) is 13.2 Å². The Morgan fingerprint density at radius 1 is 1.19 bits per heavy atom. The molecule has 1 aromatic carbocycles. The van der Waals surface area contributed by atoms with Crippen LogP contribution in [-0.4, -0.2) is 31.5 Å². The molecule has 0 spiro atoms. The fourth-order valence-electron chi connectivity index (χ4n) is 2.56. The second-order valence-electron chi connectivity index (χ2n) is 5.63. The Balaban J connectivity index is 2.22. The molecule has 0 fully saturated rings. The quantitative estimate of drug-likeness (QED) is 0.745. The predicted octanol–water partition coefficient (Wildman–Crippen LogP) is 2.48. The van der Waals surface area contributed by atoms with Crippen molar-refractivity contribution in [1.29, 1.82) is 0 Å². The predicted molar refractivity (Wildman–Crippen MR) is 87.9 cm³/mol. The van der Waals surface area contributed by atoms with Gasteiger partial charge in [0.2, 0.25) is 0 Å². The van der Waals surface area contributed by atoms with Crippen molar-refractivity contribution in [2.75, 3.05) is 6.61 Å². The molecule has 0 bridgehead atoms. The highest BCUT2D eigenvalue weighted by atomic mass is 19.4. The monoisotopic (exact) mass is 364 g/mol. The second-order valence-corrected chi connectivity index (χ2v) is 5.63. The third-order valence-corrected chi connectivity index (χ3v) is 3.83. The lowest BCUT2D eigenvalue weighted by molar-refractivity contribution is -0.141. The maximum Gasteiger partial charge on any atom is 0.433 e. The van der Waals surface area contributed by atoms with Crippen LogP contribution in [-0.2, 0) is 12.6 Å². The lowest BCUT2D eigenvalue weighted by atomic mass is 10.1. The Morgan fingerprint density at radius 3 is 2.50 bits per heavy atom. The zero-order chi connectivity index (χ0) is 18.9. The standard InChI is InChI=1S/C17H15F3N4O2/c1-10-12(7-8-25)15(26)24(23-10)16-21-13(11-5-3-2-4-6-11)9-14(22-16)17(18,19)20/h2-6,9,23,25H,7-8H2,1H3. The van der Waals surface area contributed by atoms with Crippen LogP contribution in [0.3, 0.4) is 0 Å². The molecule has 0 saturated carbocycles. The number of hydrogen-bond acceptors (Lipinski definition) is 4. The molecule has 0 amide bonds. The summed E-state index contributed by atoms with van der Waals surface area (Å²) >= 11 is 0. The lowest BCUT2D eigenvalue weighted by Crippen LogP contribution is -2.22. The third-order valence-electron chi connectivity index (χ3n) is 3.83. The van der Waals surface area contributed by atoms with Crippen LogP contribution < -0.4 is 5.56 Å². The molecule has 0 radical (unpaired) electrons. The Hall–Kier alpha value is -2.94. The molecule has 0 saturated heterocycles. The van der Waals surface area contributed by atoms with Crippen molar-refractivity contribution in [1.82, 2.24) is 19.7 Å². The van der Waals surface area contributed by atoms with Gasteiger partial charge < -0.3 is 5.11 Å². The number of aromatic nitrogens is 4. The summed E-state index contributed by atoms with van der Waals surface area (Å²) < 4.78 is 40.7. The zero-order valence-electron chi connectivity index (χ0n) is 13.7. The van der Waals surface area contributed by atoms with E-state index in [2.05, 4.69) is 15.1 Å². The van der Waals surface area contributed by atoms with Crippen molar-refractivity contribution in [2.24, 2.45) is 0 Å². The number of hydrogen-bond donors (Lipinski definition) is 2. The largest absolute Gasteiger partial charge is 0.433 e. The maximum absolute atomic E-state index is 13.3. The summed E-state index contributed by atoms with van der Waals surface area (Å²) in [6.45, 7) is 1.33. The first-order chi connectivity index (χ1) is 12.3. The minimum Gasteiger partial charge on any atom is -0.396 e. The summed E-state index contributed by atoms with van der Waals surface area (Å²) in [5.74, 6) is -0.407. The molecule has 0 aliphatic heterocycles. The molecule has 0 aliphatic rings. The molecule has 0 aliphatic carbocycles. The molecule has 3 aromatic rings. The number of aryl methyl sites for hydroxylation is 1. The lowest BCUT2D eigenvalue weighted by Gasteiger charge is -2.10. The van der Waals surface area contributed by atoms with Gasteiger partial charge in [0.25, 0.3) is 11.5 Å². The average Bonchev–Trinajstić information content (AvgIpc) is 2.90. The van der Waals surface area contributed by atoms with E-state index < -0.39 is 23.4 Å². The summed E-state index contributed by atoms with van der Waals surface area (Å²) in [6, 6.07) is 9.16. The van der Waals surface area contributed by atoms with Crippen LogP contribution in [0.15, 0.2) is 41.2 Å². The van der Waals surface area contributed by atoms with Gasteiger partial charge in [0, 0.05) is 29.8 Å². The van der Waals surface area contributed by atoms with E-state index in [0.29, 0.717) is 11.3 Å². The summed E-state index contributed by atoms with van der Waals surface area (Å²) in [4.78, 5) is 20.1. The molecule has 6 nitrogen and oxygen atoms in total. The number of rotatable bonds is 4. The molecule has 3 rings (SSSR count). The molecule has 26 heavy (non-hydrogen) atoms. The number of halogens is 3. The molecule has 2 N–H and O–H groups in total. The number of aliphatic hydroxyl groups excluding tert-OH is 1.